The van der Waals surface area contributed by atoms with Gasteiger partial charge in [0.05, 0.1) is 23.0 Å². The van der Waals surface area contributed by atoms with Crippen molar-refractivity contribution in [2.45, 2.75) is 0 Å². The van der Waals surface area contributed by atoms with Crippen LogP contribution < -0.4 is 10.2 Å². The van der Waals surface area contributed by atoms with E-state index < -0.39 is 10.8 Å². The lowest BCUT2D eigenvalue weighted by Gasteiger charge is -2.32. The highest BCUT2D eigenvalue weighted by Gasteiger charge is 2.17. The molecule has 1 aromatic heterocycles. The van der Waals surface area contributed by atoms with Crippen LogP contribution in [-0.2, 0) is 0 Å². The lowest BCUT2D eigenvalue weighted by atomic mass is 10.2. The minimum absolute atomic E-state index is 0.130. The monoisotopic (exact) mass is 342 g/mol. The Morgan fingerprint density at radius 2 is 1.88 bits per heavy atom. The number of likely N-dealkylation sites (N-methyl/N-ethyl adjacent to an activating group) is 1. The molecule has 1 N–H and O–H groups in total. The molecule has 9 heteroatoms. The first-order valence-corrected chi connectivity index (χ1v) is 7.84. The van der Waals surface area contributed by atoms with E-state index in [-0.39, 0.29) is 11.3 Å². The summed E-state index contributed by atoms with van der Waals surface area (Å²) in [4.78, 5) is 35.4. The fourth-order valence-electron chi connectivity index (χ4n) is 2.52. The maximum absolute atomic E-state index is 12.2. The molecule has 0 bridgehead atoms. The number of carbonyl (C=O) groups is 1. The van der Waals surface area contributed by atoms with Crippen molar-refractivity contribution >= 4 is 23.2 Å². The number of benzene rings is 1. The summed E-state index contributed by atoms with van der Waals surface area (Å²) in [6.45, 7) is 3.62. The van der Waals surface area contributed by atoms with Crippen LogP contribution in [0.5, 0.6) is 0 Å². The molecule has 25 heavy (non-hydrogen) atoms. The predicted molar refractivity (Wildman–Crippen MR) is 92.8 cm³/mol. The zero-order chi connectivity index (χ0) is 17.8. The van der Waals surface area contributed by atoms with Crippen molar-refractivity contribution in [2.24, 2.45) is 0 Å². The van der Waals surface area contributed by atoms with Crippen molar-refractivity contribution < 1.29 is 9.72 Å². The number of nitrogens with zero attached hydrogens (tertiary/aromatic N) is 5. The van der Waals surface area contributed by atoms with E-state index in [1.165, 1.54) is 36.7 Å². The Kier molecular flexibility index (Phi) is 4.85. The van der Waals surface area contributed by atoms with Crippen LogP contribution in [0.2, 0.25) is 0 Å². The molecule has 1 aliphatic rings. The molecule has 1 fully saturated rings. The van der Waals surface area contributed by atoms with Crippen molar-refractivity contribution in [1.29, 1.82) is 0 Å². The van der Waals surface area contributed by atoms with E-state index in [4.69, 9.17) is 0 Å². The van der Waals surface area contributed by atoms with Crippen LogP contribution in [0.1, 0.15) is 10.4 Å². The van der Waals surface area contributed by atoms with Crippen LogP contribution in [0.3, 0.4) is 0 Å². The molecule has 1 saturated heterocycles. The maximum atomic E-state index is 12.2. The third-order valence-electron chi connectivity index (χ3n) is 4.00. The maximum Gasteiger partial charge on any atom is 0.270 e. The van der Waals surface area contributed by atoms with Gasteiger partial charge in [-0.3, -0.25) is 14.9 Å². The summed E-state index contributed by atoms with van der Waals surface area (Å²) < 4.78 is 0. The van der Waals surface area contributed by atoms with E-state index in [0.29, 0.717) is 11.6 Å². The molecule has 2 aromatic rings. The molecule has 2 heterocycles. The van der Waals surface area contributed by atoms with Gasteiger partial charge in [0, 0.05) is 43.9 Å². The van der Waals surface area contributed by atoms with E-state index in [0.717, 1.165) is 26.2 Å². The quantitative estimate of drug-likeness (QED) is 0.661. The lowest BCUT2D eigenvalue weighted by Crippen LogP contribution is -2.45. The van der Waals surface area contributed by atoms with Gasteiger partial charge in [-0.25, -0.2) is 9.97 Å². The molecule has 0 radical (unpaired) electrons. The number of hydrogen-bond donors (Lipinski definition) is 1. The lowest BCUT2D eigenvalue weighted by molar-refractivity contribution is -0.384. The van der Waals surface area contributed by atoms with Gasteiger partial charge in [-0.2, -0.15) is 0 Å². The van der Waals surface area contributed by atoms with Gasteiger partial charge in [0.15, 0.2) is 0 Å². The minimum Gasteiger partial charge on any atom is -0.338 e. The van der Waals surface area contributed by atoms with Crippen molar-refractivity contribution in [1.82, 2.24) is 14.9 Å². The standard InChI is InChI=1S/C16H18N6O3/c1-20-5-7-21(8-6-20)16-17-10-13(11-18-16)19-15(23)12-3-2-4-14(9-12)22(24)25/h2-4,9-11H,5-8H2,1H3,(H,19,23). The number of hydrogen-bond acceptors (Lipinski definition) is 7. The molecule has 0 unspecified atom stereocenters. The second-order valence-electron chi connectivity index (χ2n) is 5.82. The van der Waals surface area contributed by atoms with Gasteiger partial charge >= 0.3 is 0 Å². The van der Waals surface area contributed by atoms with Gasteiger partial charge in [-0.1, -0.05) is 6.07 Å². The highest BCUT2D eigenvalue weighted by Crippen LogP contribution is 2.16. The molecule has 9 nitrogen and oxygen atoms in total. The Morgan fingerprint density at radius 3 is 2.52 bits per heavy atom. The zero-order valence-corrected chi connectivity index (χ0v) is 13.8. The molecule has 130 valence electrons. The summed E-state index contributed by atoms with van der Waals surface area (Å²) >= 11 is 0. The fourth-order valence-corrected chi connectivity index (χ4v) is 2.52. The summed E-state index contributed by atoms with van der Waals surface area (Å²) in [5.41, 5.74) is 0.515. The van der Waals surface area contributed by atoms with Crippen molar-refractivity contribution in [3.05, 3.63) is 52.3 Å². The predicted octanol–water partition coefficient (Wildman–Crippen LogP) is 1.39. The van der Waals surface area contributed by atoms with E-state index in [2.05, 4.69) is 32.1 Å². The van der Waals surface area contributed by atoms with Gasteiger partial charge < -0.3 is 15.1 Å². The Hall–Kier alpha value is -3.07. The summed E-state index contributed by atoms with van der Waals surface area (Å²) in [6, 6.07) is 5.56. The molecule has 1 aliphatic heterocycles. The number of rotatable bonds is 4. The number of nitro benzene ring substituents is 1. The summed E-state index contributed by atoms with van der Waals surface area (Å²) in [6.07, 6.45) is 3.08. The van der Waals surface area contributed by atoms with Crippen LogP contribution in [0.4, 0.5) is 17.3 Å². The number of non-ortho nitro benzene ring substituents is 1. The van der Waals surface area contributed by atoms with E-state index in [1.807, 2.05) is 0 Å². The van der Waals surface area contributed by atoms with Crippen LogP contribution in [0.15, 0.2) is 36.7 Å². The third-order valence-corrected chi connectivity index (χ3v) is 4.00. The molecule has 0 spiro atoms. The largest absolute Gasteiger partial charge is 0.338 e. The first-order chi connectivity index (χ1) is 12.0. The SMILES string of the molecule is CN1CCN(c2ncc(NC(=O)c3cccc([N+](=O)[O-])c3)cn2)CC1. The van der Waals surface area contributed by atoms with Gasteiger partial charge in [0.1, 0.15) is 0 Å². The average molecular weight is 342 g/mol. The van der Waals surface area contributed by atoms with Crippen LogP contribution in [-0.4, -0.2) is 58.9 Å². The number of carbonyl (C=O) groups excluding carboxylic acids is 1. The van der Waals surface area contributed by atoms with Gasteiger partial charge in [-0.05, 0) is 13.1 Å². The molecule has 3 rings (SSSR count). The van der Waals surface area contributed by atoms with Crippen molar-refractivity contribution in [3.63, 3.8) is 0 Å². The number of piperazine rings is 1. The van der Waals surface area contributed by atoms with E-state index >= 15 is 0 Å². The third kappa shape index (κ3) is 4.07. The summed E-state index contributed by atoms with van der Waals surface area (Å²) in [5, 5.41) is 13.4. The first kappa shape index (κ1) is 16.8. The van der Waals surface area contributed by atoms with Crippen molar-refractivity contribution in [3.8, 4) is 0 Å². The van der Waals surface area contributed by atoms with Gasteiger partial charge in [0.25, 0.3) is 11.6 Å². The Bertz CT molecular complexity index is 772. The Balaban J connectivity index is 1.66. The molecular weight excluding hydrogens is 324 g/mol. The second kappa shape index (κ2) is 7.22. The number of nitrogens with one attached hydrogen (secondary N) is 1. The smallest absolute Gasteiger partial charge is 0.270 e. The number of amides is 1. The van der Waals surface area contributed by atoms with Crippen LogP contribution in [0.25, 0.3) is 0 Å². The fraction of sp³-hybridized carbons (Fsp3) is 0.312. The molecule has 0 atom stereocenters. The van der Waals surface area contributed by atoms with Gasteiger partial charge in [0.2, 0.25) is 5.95 Å². The summed E-state index contributed by atoms with van der Waals surface area (Å²) in [5.74, 6) is 0.182. The normalized spacial score (nSPS) is 15.0. The Morgan fingerprint density at radius 1 is 1.20 bits per heavy atom. The molecular formula is C16H18N6O3. The molecule has 1 amide bonds. The number of anilines is 2. The van der Waals surface area contributed by atoms with E-state index in [9.17, 15) is 14.9 Å². The number of nitro groups is 1. The highest BCUT2D eigenvalue weighted by atomic mass is 16.6. The van der Waals surface area contributed by atoms with Crippen molar-refractivity contribution in [2.75, 3.05) is 43.4 Å². The average Bonchev–Trinajstić information content (AvgIpc) is 2.63. The van der Waals surface area contributed by atoms with Crippen LogP contribution in [0, 0.1) is 10.1 Å². The minimum atomic E-state index is -0.537. The van der Waals surface area contributed by atoms with Crippen LogP contribution >= 0.6 is 0 Å². The molecule has 0 aliphatic carbocycles. The van der Waals surface area contributed by atoms with E-state index in [1.54, 1.807) is 0 Å². The van der Waals surface area contributed by atoms with Gasteiger partial charge in [-0.15, -0.1) is 0 Å². The molecule has 1 aromatic carbocycles. The summed E-state index contributed by atoms with van der Waals surface area (Å²) in [7, 11) is 2.07. The topological polar surface area (TPSA) is 104 Å². The highest BCUT2D eigenvalue weighted by molar-refractivity contribution is 6.04. The molecule has 0 saturated carbocycles. The second-order valence-corrected chi connectivity index (χ2v) is 5.82. The Labute approximate surface area is 144 Å². The first-order valence-electron chi connectivity index (χ1n) is 7.84. The zero-order valence-electron chi connectivity index (χ0n) is 13.8. The number of aromatic nitrogens is 2.